The summed E-state index contributed by atoms with van der Waals surface area (Å²) in [6, 6.07) is 1.84. The van der Waals surface area contributed by atoms with Crippen LogP contribution in [0.3, 0.4) is 0 Å². The van der Waals surface area contributed by atoms with Gasteiger partial charge in [-0.05, 0) is 18.1 Å². The van der Waals surface area contributed by atoms with Gasteiger partial charge in [0.15, 0.2) is 0 Å². The van der Waals surface area contributed by atoms with Crippen molar-refractivity contribution in [1.82, 2.24) is 0 Å². The third kappa shape index (κ3) is 3.85. The Kier molecular flexibility index (Phi) is 5.42. The van der Waals surface area contributed by atoms with Crippen LogP contribution in [-0.4, -0.2) is 0 Å². The first-order valence-electron chi connectivity index (χ1n) is 4.85. The van der Waals surface area contributed by atoms with Crippen LogP contribution in [0.4, 0.5) is 17.6 Å². The molecule has 0 aromatic heterocycles. The number of benzene rings is 1. The van der Waals surface area contributed by atoms with Crippen LogP contribution >= 0.6 is 12.4 Å². The second-order valence-corrected chi connectivity index (χ2v) is 4.00. The Balaban J connectivity index is 0.00000256. The van der Waals surface area contributed by atoms with Crippen molar-refractivity contribution < 1.29 is 17.6 Å². The summed E-state index contributed by atoms with van der Waals surface area (Å²) in [5.74, 6) is -0.942. The first kappa shape index (κ1) is 16.2. The van der Waals surface area contributed by atoms with Gasteiger partial charge < -0.3 is 5.73 Å². The van der Waals surface area contributed by atoms with Crippen LogP contribution in [0.1, 0.15) is 31.0 Å². The molecule has 1 atom stereocenters. The first-order valence-corrected chi connectivity index (χ1v) is 4.85. The van der Waals surface area contributed by atoms with Crippen molar-refractivity contribution in [2.45, 2.75) is 26.1 Å². The second-order valence-electron chi connectivity index (χ2n) is 4.00. The Labute approximate surface area is 103 Å². The predicted molar refractivity (Wildman–Crippen MR) is 60.4 cm³/mol. The summed E-state index contributed by atoms with van der Waals surface area (Å²) in [4.78, 5) is 0. The monoisotopic (exact) mass is 271 g/mol. The molecule has 0 amide bonds. The molecule has 0 aliphatic carbocycles. The highest BCUT2D eigenvalue weighted by Crippen LogP contribution is 2.32. The molecule has 1 rings (SSSR count). The molecule has 0 bridgehead atoms. The smallest absolute Gasteiger partial charge is 0.324 e. The van der Waals surface area contributed by atoms with E-state index >= 15 is 0 Å². The highest BCUT2D eigenvalue weighted by Gasteiger charge is 2.31. The lowest BCUT2D eigenvalue weighted by Crippen LogP contribution is -2.18. The average Bonchev–Trinajstić information content (AvgIpc) is 2.15. The van der Waals surface area contributed by atoms with Gasteiger partial charge in [-0.2, -0.15) is 13.2 Å². The molecule has 1 aromatic rings. The fourth-order valence-corrected chi connectivity index (χ4v) is 1.33. The van der Waals surface area contributed by atoms with Crippen LogP contribution in [0.15, 0.2) is 18.2 Å². The molecule has 6 heteroatoms. The van der Waals surface area contributed by atoms with Gasteiger partial charge in [-0.3, -0.25) is 0 Å². The summed E-state index contributed by atoms with van der Waals surface area (Å²) < 4.78 is 50.2. The molecule has 0 aliphatic heterocycles. The minimum absolute atomic E-state index is 0. The molecule has 0 unspecified atom stereocenters. The highest BCUT2D eigenvalue weighted by atomic mass is 35.5. The number of nitrogens with two attached hydrogens (primary N) is 1. The topological polar surface area (TPSA) is 26.0 Å². The third-order valence-corrected chi connectivity index (χ3v) is 2.41. The summed E-state index contributed by atoms with van der Waals surface area (Å²) in [7, 11) is 0. The standard InChI is InChI=1S/C11H13F4N.ClH/c1-6(2)10(16)8-4-3-7(5-9(8)12)11(13,14)15;/h3-6,10H,16H2,1-2H3;1H/t10-;/m1./s1. The van der Waals surface area contributed by atoms with Crippen molar-refractivity contribution in [2.24, 2.45) is 11.7 Å². The Hall–Kier alpha value is -0.810. The lowest BCUT2D eigenvalue weighted by molar-refractivity contribution is -0.137. The quantitative estimate of drug-likeness (QED) is 0.811. The van der Waals surface area contributed by atoms with Gasteiger partial charge in [0, 0.05) is 11.6 Å². The molecule has 98 valence electrons. The number of hydrogen-bond acceptors (Lipinski definition) is 1. The molecule has 0 spiro atoms. The summed E-state index contributed by atoms with van der Waals surface area (Å²) in [6.07, 6.45) is -4.53. The average molecular weight is 272 g/mol. The van der Waals surface area contributed by atoms with Gasteiger partial charge in [-0.1, -0.05) is 19.9 Å². The fourth-order valence-electron chi connectivity index (χ4n) is 1.33. The Morgan fingerprint density at radius 1 is 1.18 bits per heavy atom. The van der Waals surface area contributed by atoms with Crippen molar-refractivity contribution >= 4 is 12.4 Å². The van der Waals surface area contributed by atoms with Gasteiger partial charge in [0.25, 0.3) is 0 Å². The number of halogens is 5. The van der Waals surface area contributed by atoms with E-state index in [0.29, 0.717) is 6.07 Å². The fraction of sp³-hybridized carbons (Fsp3) is 0.455. The molecule has 2 N–H and O–H groups in total. The van der Waals surface area contributed by atoms with Crippen molar-refractivity contribution in [3.63, 3.8) is 0 Å². The third-order valence-electron chi connectivity index (χ3n) is 2.41. The normalized spacial score (nSPS) is 13.4. The molecule has 1 nitrogen and oxygen atoms in total. The maximum Gasteiger partial charge on any atom is 0.416 e. The molecule has 0 saturated heterocycles. The minimum atomic E-state index is -4.53. The van der Waals surface area contributed by atoms with E-state index in [1.165, 1.54) is 0 Å². The van der Waals surface area contributed by atoms with Gasteiger partial charge in [0.1, 0.15) is 5.82 Å². The maximum absolute atomic E-state index is 13.4. The summed E-state index contributed by atoms with van der Waals surface area (Å²) in [6.45, 7) is 3.56. The van der Waals surface area contributed by atoms with Gasteiger partial charge in [0.05, 0.1) is 5.56 Å². The van der Waals surface area contributed by atoms with E-state index in [4.69, 9.17) is 5.73 Å². The summed E-state index contributed by atoms with van der Waals surface area (Å²) in [5.41, 5.74) is 4.79. The Morgan fingerprint density at radius 2 is 1.71 bits per heavy atom. The van der Waals surface area contributed by atoms with Crippen LogP contribution in [-0.2, 0) is 6.18 Å². The predicted octanol–water partition coefficient (Wildman–Crippen LogP) is 3.92. The van der Waals surface area contributed by atoms with E-state index in [2.05, 4.69) is 0 Å². The number of hydrogen-bond donors (Lipinski definition) is 1. The van der Waals surface area contributed by atoms with Crippen LogP contribution in [0.5, 0.6) is 0 Å². The van der Waals surface area contributed by atoms with Crippen LogP contribution in [0, 0.1) is 11.7 Å². The second kappa shape index (κ2) is 5.69. The number of alkyl halides is 3. The molecule has 0 aliphatic rings. The zero-order valence-corrected chi connectivity index (χ0v) is 10.2. The van der Waals surface area contributed by atoms with E-state index in [0.717, 1.165) is 12.1 Å². The lowest BCUT2D eigenvalue weighted by Gasteiger charge is -2.17. The number of rotatable bonds is 2. The molecule has 0 radical (unpaired) electrons. The lowest BCUT2D eigenvalue weighted by atomic mass is 9.95. The Morgan fingerprint density at radius 3 is 2.06 bits per heavy atom. The van der Waals surface area contributed by atoms with Crippen LogP contribution < -0.4 is 5.73 Å². The summed E-state index contributed by atoms with van der Waals surface area (Å²) in [5, 5.41) is 0. The largest absolute Gasteiger partial charge is 0.416 e. The van der Waals surface area contributed by atoms with Crippen molar-refractivity contribution in [2.75, 3.05) is 0 Å². The molecule has 17 heavy (non-hydrogen) atoms. The zero-order chi connectivity index (χ0) is 12.5. The van der Waals surface area contributed by atoms with E-state index in [-0.39, 0.29) is 23.9 Å². The van der Waals surface area contributed by atoms with Gasteiger partial charge in [0.2, 0.25) is 0 Å². The molecule has 1 aromatic carbocycles. The van der Waals surface area contributed by atoms with Crippen molar-refractivity contribution in [1.29, 1.82) is 0 Å². The van der Waals surface area contributed by atoms with Crippen molar-refractivity contribution in [3.8, 4) is 0 Å². The van der Waals surface area contributed by atoms with Crippen LogP contribution in [0.2, 0.25) is 0 Å². The summed E-state index contributed by atoms with van der Waals surface area (Å²) >= 11 is 0. The molecule has 0 fully saturated rings. The highest BCUT2D eigenvalue weighted by molar-refractivity contribution is 5.85. The van der Waals surface area contributed by atoms with E-state index in [1.807, 2.05) is 0 Å². The van der Waals surface area contributed by atoms with E-state index < -0.39 is 23.6 Å². The zero-order valence-electron chi connectivity index (χ0n) is 9.38. The van der Waals surface area contributed by atoms with E-state index in [1.54, 1.807) is 13.8 Å². The van der Waals surface area contributed by atoms with E-state index in [9.17, 15) is 17.6 Å². The Bertz CT molecular complexity index is 376. The molecular weight excluding hydrogens is 258 g/mol. The van der Waals surface area contributed by atoms with Gasteiger partial charge in [-0.25, -0.2) is 4.39 Å². The first-order chi connectivity index (χ1) is 7.23. The van der Waals surface area contributed by atoms with Crippen LogP contribution in [0.25, 0.3) is 0 Å². The van der Waals surface area contributed by atoms with Gasteiger partial charge in [-0.15, -0.1) is 12.4 Å². The van der Waals surface area contributed by atoms with Gasteiger partial charge >= 0.3 is 6.18 Å². The molecule has 0 saturated carbocycles. The molecule has 0 heterocycles. The molecular formula is C11H14ClF4N. The maximum atomic E-state index is 13.4. The SMILES string of the molecule is CC(C)[C@@H](N)c1ccc(C(F)(F)F)cc1F.Cl. The van der Waals surface area contributed by atoms with Crippen molar-refractivity contribution in [3.05, 3.63) is 35.1 Å². The minimum Gasteiger partial charge on any atom is -0.324 e.